The number of hydrogen-bond acceptors (Lipinski definition) is 5. The average molecular weight is 637 g/mol. The van der Waals surface area contributed by atoms with Crippen LogP contribution in [-0.4, -0.2) is 58.8 Å². The van der Waals surface area contributed by atoms with Gasteiger partial charge in [0, 0.05) is 59.5 Å². The molecule has 0 bridgehead atoms. The highest BCUT2D eigenvalue weighted by Gasteiger charge is 2.60. The highest BCUT2D eigenvalue weighted by molar-refractivity contribution is 6.30. The van der Waals surface area contributed by atoms with Crippen molar-refractivity contribution in [3.8, 4) is 5.75 Å². The Morgan fingerprint density at radius 3 is 2.20 bits per heavy atom. The standard InChI is InChI=1S/C34H39Cl2N5O3/c1-7-44-27-20-28(32(2,3)4)38-21-26(27)30-39-33(5,22-8-12-24(35)13-9-22)34(6,23-10-14-25(36)15-11-23)41(30)31(43)40-18-16-29(42)37-17-19-40/h8-15,20-21H,7,16-19H2,1-6H3,(H,37,42)/t33-,34+/m0/s1. The second kappa shape index (κ2) is 12.1. The summed E-state index contributed by atoms with van der Waals surface area (Å²) in [6.07, 6.45) is 1.97. The van der Waals surface area contributed by atoms with Crippen LogP contribution >= 0.6 is 23.2 Å². The first-order chi connectivity index (χ1) is 20.8. The summed E-state index contributed by atoms with van der Waals surface area (Å²) in [5.74, 6) is 0.947. The number of hydrogen-bond donors (Lipinski definition) is 1. The number of carbonyl (C=O) groups is 2. The van der Waals surface area contributed by atoms with E-state index < -0.39 is 11.1 Å². The van der Waals surface area contributed by atoms with E-state index >= 15 is 0 Å². The van der Waals surface area contributed by atoms with Gasteiger partial charge in [0.25, 0.3) is 0 Å². The first-order valence-corrected chi connectivity index (χ1v) is 15.7. The first-order valence-electron chi connectivity index (χ1n) is 14.9. The summed E-state index contributed by atoms with van der Waals surface area (Å²) in [5.41, 5.74) is 0.925. The number of nitrogens with zero attached hydrogens (tertiary/aromatic N) is 4. The van der Waals surface area contributed by atoms with Crippen LogP contribution in [0.3, 0.4) is 0 Å². The van der Waals surface area contributed by atoms with Gasteiger partial charge in [-0.25, -0.2) is 4.79 Å². The maximum absolute atomic E-state index is 14.9. The predicted octanol–water partition coefficient (Wildman–Crippen LogP) is 6.92. The molecule has 1 saturated heterocycles. The third kappa shape index (κ3) is 5.66. The third-order valence-electron chi connectivity index (χ3n) is 8.70. The van der Waals surface area contributed by atoms with Crippen LogP contribution < -0.4 is 10.1 Å². The Morgan fingerprint density at radius 2 is 1.61 bits per heavy atom. The molecule has 0 aliphatic carbocycles. The van der Waals surface area contributed by atoms with Gasteiger partial charge < -0.3 is 15.0 Å². The molecule has 8 nitrogen and oxygen atoms in total. The van der Waals surface area contributed by atoms with Crippen LogP contribution in [0.15, 0.2) is 65.8 Å². The molecule has 2 atom stereocenters. The van der Waals surface area contributed by atoms with Gasteiger partial charge in [-0.05, 0) is 56.2 Å². The molecule has 0 spiro atoms. The van der Waals surface area contributed by atoms with E-state index in [1.165, 1.54) is 0 Å². The Hall–Kier alpha value is -3.62. The van der Waals surface area contributed by atoms with Crippen molar-refractivity contribution in [1.82, 2.24) is 20.1 Å². The van der Waals surface area contributed by atoms with E-state index in [9.17, 15) is 9.59 Å². The smallest absolute Gasteiger partial charge is 0.326 e. The van der Waals surface area contributed by atoms with Crippen LogP contribution in [0.5, 0.6) is 5.75 Å². The van der Waals surface area contributed by atoms with Gasteiger partial charge in [-0.2, -0.15) is 0 Å². The van der Waals surface area contributed by atoms with Crippen molar-refractivity contribution in [2.45, 2.75) is 64.5 Å². The SMILES string of the molecule is CCOc1cc(C(C)(C)C)ncc1C1=N[C@@](C)(c2ccc(Cl)cc2)[C@@](C)(c2ccc(Cl)cc2)N1C(=O)N1CCNC(=O)CC1. The summed E-state index contributed by atoms with van der Waals surface area (Å²) < 4.78 is 6.21. The molecule has 5 rings (SSSR count). The molecule has 2 aliphatic rings. The number of aromatic nitrogens is 1. The Labute approximate surface area is 269 Å². The van der Waals surface area contributed by atoms with E-state index in [1.807, 2.05) is 75.4 Å². The summed E-state index contributed by atoms with van der Waals surface area (Å²) in [4.78, 5) is 40.9. The van der Waals surface area contributed by atoms with Crippen LogP contribution in [0.1, 0.15) is 70.3 Å². The Bertz CT molecular complexity index is 1590. The highest BCUT2D eigenvalue weighted by Crippen LogP contribution is 2.54. The zero-order valence-corrected chi connectivity index (χ0v) is 27.6. The molecule has 3 aromatic rings. The maximum Gasteiger partial charge on any atom is 0.326 e. The Balaban J connectivity index is 1.80. The molecule has 3 amide bonds. The molecule has 2 aliphatic heterocycles. The van der Waals surface area contributed by atoms with Gasteiger partial charge in [0.15, 0.2) is 0 Å². The largest absolute Gasteiger partial charge is 0.493 e. The van der Waals surface area contributed by atoms with Crippen molar-refractivity contribution < 1.29 is 14.3 Å². The van der Waals surface area contributed by atoms with Crippen molar-refractivity contribution in [2.75, 3.05) is 26.2 Å². The number of nitrogens with one attached hydrogen (secondary N) is 1. The van der Waals surface area contributed by atoms with E-state index in [0.29, 0.717) is 46.9 Å². The van der Waals surface area contributed by atoms with Crippen LogP contribution in [0.25, 0.3) is 0 Å². The topological polar surface area (TPSA) is 87.1 Å². The number of urea groups is 1. The second-order valence-electron chi connectivity index (χ2n) is 12.5. The molecule has 0 unspecified atom stereocenters. The average Bonchev–Trinajstić information content (AvgIpc) is 3.08. The summed E-state index contributed by atoms with van der Waals surface area (Å²) in [5, 5.41) is 4.06. The van der Waals surface area contributed by atoms with Crippen LogP contribution in [0.4, 0.5) is 4.79 Å². The minimum atomic E-state index is -1.05. The quantitative estimate of drug-likeness (QED) is 0.330. The lowest BCUT2D eigenvalue weighted by Gasteiger charge is -2.46. The van der Waals surface area contributed by atoms with E-state index in [0.717, 1.165) is 16.8 Å². The predicted molar refractivity (Wildman–Crippen MR) is 175 cm³/mol. The summed E-state index contributed by atoms with van der Waals surface area (Å²) in [6, 6.07) is 16.8. The minimum absolute atomic E-state index is 0.0809. The lowest BCUT2D eigenvalue weighted by molar-refractivity contribution is -0.120. The van der Waals surface area contributed by atoms with E-state index in [2.05, 4.69) is 26.1 Å². The fourth-order valence-corrected chi connectivity index (χ4v) is 6.21. The van der Waals surface area contributed by atoms with Gasteiger partial charge in [0.1, 0.15) is 22.7 Å². The molecule has 1 fully saturated rings. The fraction of sp³-hybridized carbons (Fsp3) is 0.412. The summed E-state index contributed by atoms with van der Waals surface area (Å²) >= 11 is 12.7. The van der Waals surface area contributed by atoms with Gasteiger partial charge in [-0.15, -0.1) is 0 Å². The van der Waals surface area contributed by atoms with Crippen LogP contribution in [0, 0.1) is 0 Å². The van der Waals surface area contributed by atoms with Gasteiger partial charge in [0.2, 0.25) is 5.91 Å². The highest BCUT2D eigenvalue weighted by atomic mass is 35.5. The lowest BCUT2D eigenvalue weighted by atomic mass is 9.71. The number of benzene rings is 2. The first kappa shape index (κ1) is 31.8. The lowest BCUT2D eigenvalue weighted by Crippen LogP contribution is -2.58. The molecule has 1 N–H and O–H groups in total. The number of aliphatic imine (C=N–C) groups is 1. The Morgan fingerprint density at radius 1 is 1.00 bits per heavy atom. The van der Waals surface area contributed by atoms with Crippen LogP contribution in [-0.2, 0) is 21.3 Å². The Kier molecular flexibility index (Phi) is 8.71. The number of ether oxygens (including phenoxy) is 1. The zero-order valence-electron chi connectivity index (χ0n) is 26.1. The number of rotatable bonds is 5. The molecular weight excluding hydrogens is 597 g/mol. The number of carbonyl (C=O) groups excluding carboxylic acids is 2. The summed E-state index contributed by atoms with van der Waals surface area (Å²) in [7, 11) is 0. The molecule has 44 heavy (non-hydrogen) atoms. The number of amidine groups is 1. The minimum Gasteiger partial charge on any atom is -0.493 e. The van der Waals surface area contributed by atoms with Crippen molar-refractivity contribution >= 4 is 41.0 Å². The second-order valence-corrected chi connectivity index (χ2v) is 13.4. The molecule has 3 heterocycles. The molecule has 2 aromatic carbocycles. The molecular formula is C34H39Cl2N5O3. The molecule has 1 aromatic heterocycles. The molecule has 232 valence electrons. The van der Waals surface area contributed by atoms with Crippen molar-refractivity contribution in [3.05, 3.63) is 93.2 Å². The number of halogens is 2. The van der Waals surface area contributed by atoms with Gasteiger partial charge in [-0.1, -0.05) is 68.2 Å². The monoisotopic (exact) mass is 635 g/mol. The van der Waals surface area contributed by atoms with Crippen molar-refractivity contribution in [1.29, 1.82) is 0 Å². The van der Waals surface area contributed by atoms with E-state index in [4.69, 9.17) is 37.9 Å². The van der Waals surface area contributed by atoms with Gasteiger partial charge in [0.05, 0.1) is 12.2 Å². The molecule has 0 saturated carbocycles. The van der Waals surface area contributed by atoms with E-state index in [1.54, 1.807) is 16.0 Å². The third-order valence-corrected chi connectivity index (χ3v) is 9.20. The number of amides is 3. The summed E-state index contributed by atoms with van der Waals surface area (Å²) in [6.45, 7) is 13.7. The molecule has 10 heteroatoms. The maximum atomic E-state index is 14.9. The fourth-order valence-electron chi connectivity index (χ4n) is 5.96. The van der Waals surface area contributed by atoms with Crippen molar-refractivity contribution in [3.63, 3.8) is 0 Å². The van der Waals surface area contributed by atoms with Crippen molar-refractivity contribution in [2.24, 2.45) is 4.99 Å². The van der Waals surface area contributed by atoms with Gasteiger partial charge in [-0.3, -0.25) is 19.7 Å². The number of pyridine rings is 1. The normalized spacial score (nSPS) is 22.4. The molecule has 0 radical (unpaired) electrons. The zero-order chi connectivity index (χ0) is 31.9. The van der Waals surface area contributed by atoms with Gasteiger partial charge >= 0.3 is 6.03 Å². The van der Waals surface area contributed by atoms with E-state index in [-0.39, 0.29) is 30.3 Å². The van der Waals surface area contributed by atoms with Crippen LogP contribution in [0.2, 0.25) is 10.0 Å².